The summed E-state index contributed by atoms with van der Waals surface area (Å²) in [5.41, 5.74) is 0. The Morgan fingerprint density at radius 1 is 1.07 bits per heavy atom. The Balaban J connectivity index is 3.23. The molecule has 0 saturated heterocycles. The van der Waals surface area contributed by atoms with E-state index in [1.807, 2.05) is 0 Å². The third-order valence-corrected chi connectivity index (χ3v) is 1.74. The molecule has 0 amide bonds. The summed E-state index contributed by atoms with van der Waals surface area (Å²) >= 11 is 0. The van der Waals surface area contributed by atoms with Gasteiger partial charge in [0.2, 0.25) is 0 Å². The lowest BCUT2D eigenvalue weighted by Gasteiger charge is -2.01. The van der Waals surface area contributed by atoms with E-state index in [9.17, 15) is 16.8 Å². The molecule has 0 fully saturated rings. The van der Waals surface area contributed by atoms with E-state index in [2.05, 4.69) is 13.1 Å². The summed E-state index contributed by atoms with van der Waals surface area (Å²) < 4.78 is 60.4. The van der Waals surface area contributed by atoms with Crippen LogP contribution >= 0.6 is 0 Å². The van der Waals surface area contributed by atoms with Crippen molar-refractivity contribution >= 4 is 21.4 Å². The molecule has 0 atom stereocenters. The Hall–Kier alpha value is -0.260. The number of hydrogen-bond acceptors (Lipinski definition) is 7. The smallest absolute Gasteiger partial charge is 0.377 e. The highest BCUT2D eigenvalue weighted by atomic mass is 32.3. The minimum atomic E-state index is -4.44. The largest absolute Gasteiger partial charge is 0.397 e. The second-order valence-corrected chi connectivity index (χ2v) is 3.72. The molecule has 0 rings (SSSR count). The van der Waals surface area contributed by atoms with Crippen molar-refractivity contribution in [3.05, 3.63) is 0 Å². The Labute approximate surface area is 82.9 Å². The van der Waals surface area contributed by atoms with E-state index >= 15 is 0 Å². The normalized spacial score (nSPS) is 12.1. The molecule has 0 spiro atoms. The standard InChI is InChI=1S/C4H10O8S2/c5-13(6)11-3-1-10-2-4-12-14(7,8)9/h13H,1-4H2,(H,7,8,9). The van der Waals surface area contributed by atoms with Crippen LogP contribution in [-0.2, 0) is 34.5 Å². The van der Waals surface area contributed by atoms with Gasteiger partial charge in [-0.25, -0.2) is 12.6 Å². The average Bonchev–Trinajstić information content (AvgIpc) is 2.00. The molecule has 8 nitrogen and oxygen atoms in total. The van der Waals surface area contributed by atoms with Crippen LogP contribution in [0.5, 0.6) is 0 Å². The maximum absolute atomic E-state index is 9.98. The molecule has 14 heavy (non-hydrogen) atoms. The van der Waals surface area contributed by atoms with E-state index < -0.39 is 21.4 Å². The minimum absolute atomic E-state index is 0.0157. The fourth-order valence-electron chi connectivity index (χ4n) is 0.471. The molecule has 86 valence electrons. The summed E-state index contributed by atoms with van der Waals surface area (Å²) in [6, 6.07) is 0. The molecule has 0 aromatic carbocycles. The van der Waals surface area contributed by atoms with Crippen molar-refractivity contribution in [2.45, 2.75) is 0 Å². The van der Waals surface area contributed by atoms with Gasteiger partial charge in [-0.1, -0.05) is 0 Å². The Morgan fingerprint density at radius 3 is 2.14 bits per heavy atom. The highest BCUT2D eigenvalue weighted by Crippen LogP contribution is 1.86. The molecular weight excluding hydrogens is 240 g/mol. The van der Waals surface area contributed by atoms with Gasteiger partial charge in [-0.3, -0.25) is 8.74 Å². The lowest BCUT2D eigenvalue weighted by molar-refractivity contribution is 0.0774. The Morgan fingerprint density at radius 2 is 1.64 bits per heavy atom. The van der Waals surface area contributed by atoms with Gasteiger partial charge in [0.05, 0.1) is 26.4 Å². The fraction of sp³-hybridized carbons (Fsp3) is 1.00. The number of thiol groups is 1. The van der Waals surface area contributed by atoms with Gasteiger partial charge in [0.25, 0.3) is 11.0 Å². The van der Waals surface area contributed by atoms with Crippen molar-refractivity contribution in [3.63, 3.8) is 0 Å². The monoisotopic (exact) mass is 250 g/mol. The molecule has 0 aliphatic heterocycles. The van der Waals surface area contributed by atoms with Gasteiger partial charge in [-0.15, -0.1) is 0 Å². The molecular formula is C4H10O8S2. The third kappa shape index (κ3) is 11.7. The maximum atomic E-state index is 9.98. The first-order valence-electron chi connectivity index (χ1n) is 3.38. The number of hydrogen-bond donors (Lipinski definition) is 2. The van der Waals surface area contributed by atoms with E-state index in [4.69, 9.17) is 4.55 Å². The second-order valence-electron chi connectivity index (χ2n) is 1.92. The van der Waals surface area contributed by atoms with Crippen molar-refractivity contribution in [2.24, 2.45) is 0 Å². The lowest BCUT2D eigenvalue weighted by atomic mass is 10.7. The first kappa shape index (κ1) is 13.7. The van der Waals surface area contributed by atoms with Crippen LogP contribution in [0.25, 0.3) is 0 Å². The summed E-state index contributed by atoms with van der Waals surface area (Å²) in [5, 5.41) is 0. The number of rotatable bonds is 8. The van der Waals surface area contributed by atoms with Crippen molar-refractivity contribution in [3.8, 4) is 0 Å². The average molecular weight is 250 g/mol. The van der Waals surface area contributed by atoms with Crippen LogP contribution in [0, 0.1) is 0 Å². The first-order valence-corrected chi connectivity index (χ1v) is 5.85. The molecule has 1 N–H and O–H groups in total. The molecule has 0 aliphatic carbocycles. The first-order chi connectivity index (χ1) is 6.42. The van der Waals surface area contributed by atoms with E-state index in [1.54, 1.807) is 0 Å². The quantitative estimate of drug-likeness (QED) is 0.299. The lowest BCUT2D eigenvalue weighted by Crippen LogP contribution is -2.12. The van der Waals surface area contributed by atoms with Crippen LogP contribution in [0.4, 0.5) is 0 Å². The summed E-state index contributed by atoms with van der Waals surface area (Å²) in [4.78, 5) is 0. The van der Waals surface area contributed by atoms with Crippen LogP contribution in [-0.4, -0.2) is 47.8 Å². The maximum Gasteiger partial charge on any atom is 0.397 e. The van der Waals surface area contributed by atoms with Gasteiger partial charge in [0.1, 0.15) is 0 Å². The molecule has 0 saturated carbocycles. The van der Waals surface area contributed by atoms with E-state index in [-0.39, 0.29) is 26.4 Å². The van der Waals surface area contributed by atoms with E-state index in [0.717, 1.165) is 0 Å². The molecule has 0 aliphatic rings. The summed E-state index contributed by atoms with van der Waals surface area (Å²) in [7, 11) is -7.33. The Bertz CT molecular complexity index is 295. The van der Waals surface area contributed by atoms with Crippen molar-refractivity contribution in [2.75, 3.05) is 26.4 Å². The highest BCUT2D eigenvalue weighted by Gasteiger charge is 2.02. The van der Waals surface area contributed by atoms with Crippen molar-refractivity contribution in [1.82, 2.24) is 0 Å². The van der Waals surface area contributed by atoms with E-state index in [0.29, 0.717) is 0 Å². The van der Waals surface area contributed by atoms with Gasteiger partial charge >= 0.3 is 10.4 Å². The zero-order valence-electron chi connectivity index (χ0n) is 6.99. The van der Waals surface area contributed by atoms with Crippen molar-refractivity contribution < 1.29 is 34.5 Å². The predicted molar refractivity (Wildman–Crippen MR) is 44.6 cm³/mol. The molecule has 0 aromatic heterocycles. The highest BCUT2D eigenvalue weighted by molar-refractivity contribution is 7.80. The van der Waals surface area contributed by atoms with Gasteiger partial charge in [0, 0.05) is 0 Å². The van der Waals surface area contributed by atoms with Crippen LogP contribution in [0.2, 0.25) is 0 Å². The number of ether oxygens (including phenoxy) is 1. The molecule has 0 radical (unpaired) electrons. The molecule has 0 bridgehead atoms. The third-order valence-electron chi connectivity index (χ3n) is 0.884. The zero-order chi connectivity index (χ0) is 11.0. The van der Waals surface area contributed by atoms with Crippen LogP contribution < -0.4 is 0 Å². The van der Waals surface area contributed by atoms with Crippen LogP contribution in [0.3, 0.4) is 0 Å². The zero-order valence-corrected chi connectivity index (χ0v) is 8.70. The summed E-state index contributed by atoms with van der Waals surface area (Å²) in [6.07, 6.45) is 0. The van der Waals surface area contributed by atoms with E-state index in [1.165, 1.54) is 0 Å². The van der Waals surface area contributed by atoms with Gasteiger partial charge < -0.3 is 4.74 Å². The molecule has 0 aromatic rings. The van der Waals surface area contributed by atoms with Gasteiger partial charge in [-0.2, -0.15) is 8.42 Å². The van der Waals surface area contributed by atoms with Crippen molar-refractivity contribution in [1.29, 1.82) is 0 Å². The second kappa shape index (κ2) is 7.09. The summed E-state index contributed by atoms with van der Waals surface area (Å²) in [5.74, 6) is 0. The minimum Gasteiger partial charge on any atom is -0.377 e. The van der Waals surface area contributed by atoms with Gasteiger partial charge in [0.15, 0.2) is 0 Å². The molecule has 10 heteroatoms. The van der Waals surface area contributed by atoms with Crippen LogP contribution in [0.15, 0.2) is 0 Å². The topological polar surface area (TPSA) is 116 Å². The predicted octanol–water partition coefficient (Wildman–Crippen LogP) is -1.63. The fourth-order valence-corrected chi connectivity index (χ4v) is 0.973. The van der Waals surface area contributed by atoms with Crippen LogP contribution in [0.1, 0.15) is 0 Å². The molecule has 0 heterocycles. The Kier molecular flexibility index (Phi) is 6.96. The van der Waals surface area contributed by atoms with Gasteiger partial charge in [-0.05, 0) is 0 Å². The SMILES string of the molecule is O=[SH](=O)OCCOCCOS(=O)(=O)O. The molecule has 0 unspecified atom stereocenters. The summed E-state index contributed by atoms with van der Waals surface area (Å²) in [6.45, 7) is -0.607.